The molecule has 2 aliphatic carbocycles. The fraction of sp³-hybridized carbons (Fsp3) is 0.0500. The van der Waals surface area contributed by atoms with Gasteiger partial charge in [0.05, 0.1) is 5.52 Å². The van der Waals surface area contributed by atoms with Crippen LogP contribution in [0.15, 0.2) is 132 Å². The molecule has 2 aliphatic rings. The average Bonchev–Trinajstić information content (AvgIpc) is 3.69. The van der Waals surface area contributed by atoms with Gasteiger partial charge in [-0.2, -0.15) is 0 Å². The summed E-state index contributed by atoms with van der Waals surface area (Å²) in [6, 6.07) is 44.2. The van der Waals surface area contributed by atoms with Crippen LogP contribution >= 0.6 is 0 Å². The molecular formula is C40H25NO. The summed E-state index contributed by atoms with van der Waals surface area (Å²) >= 11 is 0. The highest BCUT2D eigenvalue weighted by atomic mass is 16.3. The van der Waals surface area contributed by atoms with Crippen molar-refractivity contribution in [1.82, 2.24) is 4.57 Å². The Balaban J connectivity index is 1.11. The molecule has 0 spiro atoms. The maximum absolute atomic E-state index is 6.14. The van der Waals surface area contributed by atoms with E-state index in [0.717, 1.165) is 34.0 Å². The van der Waals surface area contributed by atoms with Crippen molar-refractivity contribution in [1.29, 1.82) is 0 Å². The van der Waals surface area contributed by atoms with Gasteiger partial charge in [-0.1, -0.05) is 91.0 Å². The third kappa shape index (κ3) is 2.94. The van der Waals surface area contributed by atoms with Crippen LogP contribution in [0.3, 0.4) is 0 Å². The summed E-state index contributed by atoms with van der Waals surface area (Å²) in [5, 5.41) is 6.35. The molecule has 0 fully saturated rings. The molecule has 6 aromatic carbocycles. The zero-order valence-electron chi connectivity index (χ0n) is 22.8. The first-order chi connectivity index (χ1) is 20.8. The number of nitrogens with zero attached hydrogens (tertiary/aromatic N) is 1. The number of aromatic nitrogens is 1. The lowest BCUT2D eigenvalue weighted by Gasteiger charge is -2.20. The van der Waals surface area contributed by atoms with Gasteiger partial charge >= 0.3 is 0 Å². The Kier molecular flexibility index (Phi) is 4.32. The number of hydrogen-bond donors (Lipinski definition) is 0. The molecule has 0 saturated carbocycles. The van der Waals surface area contributed by atoms with Crippen molar-refractivity contribution in [3.05, 3.63) is 144 Å². The van der Waals surface area contributed by atoms with E-state index in [2.05, 4.69) is 126 Å². The smallest absolute Gasteiger partial charge is 0.135 e. The van der Waals surface area contributed by atoms with Crippen LogP contribution in [0.1, 0.15) is 22.7 Å². The first-order valence-electron chi connectivity index (χ1n) is 14.7. The van der Waals surface area contributed by atoms with Gasteiger partial charge in [-0.05, 0) is 93.0 Å². The van der Waals surface area contributed by atoms with Crippen LogP contribution in [0, 0.1) is 0 Å². The van der Waals surface area contributed by atoms with E-state index in [0.29, 0.717) is 5.92 Å². The summed E-state index contributed by atoms with van der Waals surface area (Å²) in [5.74, 6) is 0.324. The Bertz CT molecular complexity index is 2450. The summed E-state index contributed by atoms with van der Waals surface area (Å²) in [7, 11) is 0. The lowest BCUT2D eigenvalue weighted by atomic mass is 9.85. The minimum atomic E-state index is 0.324. The van der Waals surface area contributed by atoms with Crippen molar-refractivity contribution >= 4 is 49.7 Å². The molecule has 1 atom stereocenters. The lowest BCUT2D eigenvalue weighted by Crippen LogP contribution is -2.07. The normalized spacial score (nSPS) is 15.2. The second-order valence-corrected chi connectivity index (χ2v) is 11.7. The molecular weight excluding hydrogens is 510 g/mol. The predicted molar refractivity (Wildman–Crippen MR) is 174 cm³/mol. The van der Waals surface area contributed by atoms with Gasteiger partial charge in [0.25, 0.3) is 0 Å². The summed E-state index contributed by atoms with van der Waals surface area (Å²) in [5.41, 5.74) is 13.8. The van der Waals surface area contributed by atoms with Crippen LogP contribution in [0.4, 0.5) is 0 Å². The zero-order chi connectivity index (χ0) is 27.4. The van der Waals surface area contributed by atoms with Crippen LogP contribution in [-0.2, 0) is 6.42 Å². The molecule has 2 aromatic heterocycles. The minimum Gasteiger partial charge on any atom is -0.456 e. The zero-order valence-corrected chi connectivity index (χ0v) is 22.8. The Hall–Kier alpha value is -5.34. The molecule has 0 saturated heterocycles. The Morgan fingerprint density at radius 3 is 2.29 bits per heavy atom. The number of benzene rings is 6. The van der Waals surface area contributed by atoms with Crippen molar-refractivity contribution < 1.29 is 4.42 Å². The van der Waals surface area contributed by atoms with Crippen LogP contribution in [0.5, 0.6) is 0 Å². The van der Waals surface area contributed by atoms with Gasteiger partial charge in [0.1, 0.15) is 11.2 Å². The van der Waals surface area contributed by atoms with E-state index >= 15 is 0 Å². The van der Waals surface area contributed by atoms with Crippen LogP contribution in [0.25, 0.3) is 77.6 Å². The highest BCUT2D eigenvalue weighted by molar-refractivity contribution is 6.15. The van der Waals surface area contributed by atoms with Gasteiger partial charge in [-0.15, -0.1) is 0 Å². The Morgan fingerprint density at radius 2 is 1.38 bits per heavy atom. The van der Waals surface area contributed by atoms with E-state index in [1.807, 2.05) is 12.1 Å². The number of allylic oxidation sites excluding steroid dienone is 1. The summed E-state index contributed by atoms with van der Waals surface area (Å²) in [6.07, 6.45) is 5.74. The van der Waals surface area contributed by atoms with E-state index in [9.17, 15) is 0 Å². The molecule has 196 valence electrons. The van der Waals surface area contributed by atoms with Gasteiger partial charge < -0.3 is 8.98 Å². The van der Waals surface area contributed by atoms with Gasteiger partial charge in [0.15, 0.2) is 0 Å². The SMILES string of the molecule is C1=CC(c2ccc3c(c2)-c2cccc4cccc-3c24)Cc2c1n(-c1ccc3oc4ccccc4c3c1)c1ccccc21. The second-order valence-electron chi connectivity index (χ2n) is 11.7. The summed E-state index contributed by atoms with van der Waals surface area (Å²) in [6.45, 7) is 0. The van der Waals surface area contributed by atoms with Gasteiger partial charge in [-0.25, -0.2) is 0 Å². The number of hydrogen-bond acceptors (Lipinski definition) is 1. The molecule has 0 amide bonds. The van der Waals surface area contributed by atoms with Crippen molar-refractivity contribution in [3.63, 3.8) is 0 Å². The highest BCUT2D eigenvalue weighted by Gasteiger charge is 2.26. The molecule has 1 unspecified atom stereocenters. The number of fused-ring (bicyclic) bond motifs is 9. The average molecular weight is 536 g/mol. The fourth-order valence-electron chi connectivity index (χ4n) is 7.61. The minimum absolute atomic E-state index is 0.324. The van der Waals surface area contributed by atoms with Gasteiger partial charge in [0.2, 0.25) is 0 Å². The molecule has 0 radical (unpaired) electrons. The molecule has 2 heteroatoms. The second kappa shape index (κ2) is 8.11. The third-order valence-corrected chi connectivity index (χ3v) is 9.51. The number of para-hydroxylation sites is 2. The summed E-state index contributed by atoms with van der Waals surface area (Å²) in [4.78, 5) is 0. The monoisotopic (exact) mass is 535 g/mol. The van der Waals surface area contributed by atoms with Crippen molar-refractivity contribution in [3.8, 4) is 27.9 Å². The fourth-order valence-corrected chi connectivity index (χ4v) is 7.61. The van der Waals surface area contributed by atoms with Crippen LogP contribution in [-0.4, -0.2) is 4.57 Å². The molecule has 0 aliphatic heterocycles. The first kappa shape index (κ1) is 22.4. The largest absolute Gasteiger partial charge is 0.456 e. The summed E-state index contributed by atoms with van der Waals surface area (Å²) < 4.78 is 8.56. The van der Waals surface area contributed by atoms with Crippen molar-refractivity contribution in [2.45, 2.75) is 12.3 Å². The van der Waals surface area contributed by atoms with Crippen LogP contribution < -0.4 is 0 Å². The molecule has 10 rings (SSSR count). The van der Waals surface area contributed by atoms with Gasteiger partial charge in [0, 0.05) is 33.5 Å². The molecule has 0 N–H and O–H groups in total. The van der Waals surface area contributed by atoms with Gasteiger partial charge in [-0.3, -0.25) is 0 Å². The molecule has 42 heavy (non-hydrogen) atoms. The third-order valence-electron chi connectivity index (χ3n) is 9.51. The van der Waals surface area contributed by atoms with E-state index in [1.54, 1.807) is 0 Å². The number of rotatable bonds is 2. The number of furan rings is 1. The first-order valence-corrected chi connectivity index (χ1v) is 14.7. The quantitative estimate of drug-likeness (QED) is 0.215. The molecule has 2 nitrogen and oxygen atoms in total. The van der Waals surface area contributed by atoms with E-state index in [4.69, 9.17) is 4.42 Å². The Morgan fingerprint density at radius 1 is 0.595 bits per heavy atom. The maximum atomic E-state index is 6.14. The van der Waals surface area contributed by atoms with E-state index in [1.165, 1.54) is 60.8 Å². The topological polar surface area (TPSA) is 18.1 Å². The Labute approximate surface area is 242 Å². The standard InChI is InChI=1S/C40H25NO/c1-3-13-36-29(9-1)34-22-26(25-15-18-28-31-11-5-7-24-8-6-12-32(40(24)31)33(28)21-25)16-19-37(34)41(36)27-17-20-39-35(23-27)30-10-2-4-14-38(30)42-39/h1-21,23,26H,22H2. The van der Waals surface area contributed by atoms with E-state index < -0.39 is 0 Å². The molecule has 0 bridgehead atoms. The van der Waals surface area contributed by atoms with Crippen LogP contribution in [0.2, 0.25) is 0 Å². The van der Waals surface area contributed by atoms with Crippen molar-refractivity contribution in [2.24, 2.45) is 0 Å². The van der Waals surface area contributed by atoms with E-state index in [-0.39, 0.29) is 0 Å². The maximum Gasteiger partial charge on any atom is 0.135 e. The predicted octanol–water partition coefficient (Wildman–Crippen LogP) is 10.7. The van der Waals surface area contributed by atoms with Crippen molar-refractivity contribution in [2.75, 3.05) is 0 Å². The lowest BCUT2D eigenvalue weighted by molar-refractivity contribution is 0.669. The highest BCUT2D eigenvalue weighted by Crippen LogP contribution is 2.48. The molecule has 2 heterocycles. The molecule has 8 aromatic rings.